The quantitative estimate of drug-likeness (QED) is 0.746. The fourth-order valence-electron chi connectivity index (χ4n) is 2.08. The highest BCUT2D eigenvalue weighted by atomic mass is 31.1. The van der Waals surface area contributed by atoms with E-state index >= 15 is 0 Å². The molecule has 1 heterocycles. The number of benzene rings is 2. The third-order valence-electron chi connectivity index (χ3n) is 2.96. The average Bonchev–Trinajstić information content (AvgIpc) is 2.47. The van der Waals surface area contributed by atoms with Gasteiger partial charge in [-0.3, -0.25) is 0 Å². The van der Waals surface area contributed by atoms with E-state index in [1.54, 1.807) is 0 Å². The summed E-state index contributed by atoms with van der Waals surface area (Å²) in [5.41, 5.74) is 1.64. The minimum Gasteiger partial charge on any atom is -0.407 e. The molecule has 1 atom stereocenters. The third-order valence-corrected chi connectivity index (χ3v) is 3.33. The second-order valence-electron chi connectivity index (χ2n) is 4.27. The van der Waals surface area contributed by atoms with Crippen molar-refractivity contribution in [2.24, 2.45) is 0 Å². The van der Waals surface area contributed by atoms with Crippen molar-refractivity contribution in [1.29, 1.82) is 0 Å². The Balaban J connectivity index is 2.22. The van der Waals surface area contributed by atoms with Gasteiger partial charge in [0.15, 0.2) is 0 Å². The first-order chi connectivity index (χ1) is 9.74. The van der Waals surface area contributed by atoms with Gasteiger partial charge in [-0.1, -0.05) is 48.5 Å². The maximum atomic E-state index is 11.0. The van der Waals surface area contributed by atoms with Crippen LogP contribution in [0.1, 0.15) is 0 Å². The van der Waals surface area contributed by atoms with Crippen LogP contribution in [0.15, 0.2) is 60.7 Å². The largest absolute Gasteiger partial charge is 0.407 e. The Labute approximate surface area is 116 Å². The summed E-state index contributed by atoms with van der Waals surface area (Å²) in [6.45, 7) is 0. The second kappa shape index (κ2) is 5.45. The molecule has 1 unspecified atom stereocenters. The molecule has 0 saturated heterocycles. The van der Waals surface area contributed by atoms with Gasteiger partial charge >= 0.3 is 8.25 Å². The van der Waals surface area contributed by atoms with Gasteiger partial charge in [0.2, 0.25) is 5.88 Å². The van der Waals surface area contributed by atoms with E-state index in [-0.39, 0.29) is 5.88 Å². The zero-order valence-corrected chi connectivity index (χ0v) is 11.5. The highest BCUT2D eigenvalue weighted by Crippen LogP contribution is 2.32. The summed E-state index contributed by atoms with van der Waals surface area (Å²) >= 11 is 0. The zero-order chi connectivity index (χ0) is 13.9. The molecular formula is C15H12NO3P. The summed E-state index contributed by atoms with van der Waals surface area (Å²) in [7, 11) is -3.09. The molecule has 0 amide bonds. The fourth-order valence-corrected chi connectivity index (χ4v) is 2.41. The molecule has 0 saturated carbocycles. The lowest BCUT2D eigenvalue weighted by molar-refractivity contribution is 0.406. The summed E-state index contributed by atoms with van der Waals surface area (Å²) in [6, 6.07) is 19.0. The van der Waals surface area contributed by atoms with Gasteiger partial charge in [-0.25, -0.2) is 9.55 Å². The van der Waals surface area contributed by atoms with Gasteiger partial charge in [0.1, 0.15) is 0 Å². The first-order valence-electron chi connectivity index (χ1n) is 6.10. The summed E-state index contributed by atoms with van der Waals surface area (Å²) in [6.07, 6.45) is 0. The van der Waals surface area contributed by atoms with Crippen molar-refractivity contribution in [2.45, 2.75) is 0 Å². The van der Waals surface area contributed by atoms with Gasteiger partial charge < -0.3 is 9.42 Å². The van der Waals surface area contributed by atoms with Crippen molar-refractivity contribution < 1.29 is 14.0 Å². The van der Waals surface area contributed by atoms with Gasteiger partial charge in [-0.15, -0.1) is 0 Å². The Morgan fingerprint density at radius 2 is 1.70 bits per heavy atom. The van der Waals surface area contributed by atoms with E-state index in [9.17, 15) is 4.57 Å². The molecule has 1 N–H and O–H groups in total. The minimum atomic E-state index is -3.09. The normalized spacial score (nSPS) is 12.2. The van der Waals surface area contributed by atoms with Crippen molar-refractivity contribution >= 4 is 19.0 Å². The monoisotopic (exact) mass is 285 g/mol. The molecule has 0 spiro atoms. The summed E-state index contributed by atoms with van der Waals surface area (Å²) in [4.78, 5) is 13.4. The third kappa shape index (κ3) is 2.57. The van der Waals surface area contributed by atoms with Crippen LogP contribution in [0, 0.1) is 0 Å². The molecule has 0 bridgehead atoms. The molecule has 0 aliphatic heterocycles. The molecule has 100 valence electrons. The molecule has 2 aromatic carbocycles. The van der Waals surface area contributed by atoms with Crippen molar-refractivity contribution in [3.63, 3.8) is 0 Å². The van der Waals surface area contributed by atoms with Crippen molar-refractivity contribution in [2.75, 3.05) is 0 Å². The van der Waals surface area contributed by atoms with Crippen molar-refractivity contribution in [1.82, 2.24) is 4.98 Å². The van der Waals surface area contributed by atoms with E-state index in [2.05, 4.69) is 4.98 Å². The first-order valence-corrected chi connectivity index (χ1v) is 7.36. The van der Waals surface area contributed by atoms with Gasteiger partial charge in [0, 0.05) is 10.9 Å². The molecule has 1 aromatic heterocycles. The number of pyridine rings is 1. The lowest BCUT2D eigenvalue weighted by Gasteiger charge is -2.09. The van der Waals surface area contributed by atoms with Crippen LogP contribution in [0.4, 0.5) is 0 Å². The Kier molecular flexibility index (Phi) is 3.50. The molecule has 4 nitrogen and oxygen atoms in total. The van der Waals surface area contributed by atoms with Crippen LogP contribution < -0.4 is 4.52 Å². The first kappa shape index (κ1) is 12.9. The van der Waals surface area contributed by atoms with Crippen LogP contribution in [-0.2, 0) is 4.57 Å². The number of fused-ring (bicyclic) bond motifs is 1. The summed E-state index contributed by atoms with van der Waals surface area (Å²) in [5.74, 6) is 0.188. The van der Waals surface area contributed by atoms with Crippen LogP contribution in [-0.4, -0.2) is 9.88 Å². The predicted octanol–water partition coefficient (Wildman–Crippen LogP) is 3.66. The predicted molar refractivity (Wildman–Crippen MR) is 79.0 cm³/mol. The molecule has 3 aromatic rings. The molecule has 0 aliphatic rings. The van der Waals surface area contributed by atoms with Crippen LogP contribution in [0.2, 0.25) is 0 Å². The molecular weight excluding hydrogens is 273 g/mol. The fraction of sp³-hybridized carbons (Fsp3) is 0. The van der Waals surface area contributed by atoms with E-state index in [4.69, 9.17) is 9.42 Å². The molecule has 0 radical (unpaired) electrons. The number of nitrogens with zero attached hydrogens (tertiary/aromatic N) is 1. The smallest absolute Gasteiger partial charge is 0.366 e. The van der Waals surface area contributed by atoms with Gasteiger partial charge in [0.25, 0.3) is 0 Å². The Morgan fingerprint density at radius 1 is 1.00 bits per heavy atom. The van der Waals surface area contributed by atoms with Gasteiger partial charge in [-0.05, 0) is 17.5 Å². The topological polar surface area (TPSA) is 59.4 Å². The molecule has 0 fully saturated rings. The van der Waals surface area contributed by atoms with Gasteiger partial charge in [0.05, 0.1) is 5.69 Å². The SMILES string of the molecule is O=[PH](O)Oc1nc(-c2ccccc2)cc2ccccc12. The molecule has 0 aliphatic carbocycles. The van der Waals surface area contributed by atoms with Crippen LogP contribution in [0.3, 0.4) is 0 Å². The molecule has 3 rings (SSSR count). The summed E-state index contributed by atoms with van der Waals surface area (Å²) < 4.78 is 16.0. The molecule has 20 heavy (non-hydrogen) atoms. The van der Waals surface area contributed by atoms with E-state index in [0.717, 1.165) is 16.3 Å². The maximum Gasteiger partial charge on any atom is 0.366 e. The Morgan fingerprint density at radius 3 is 2.45 bits per heavy atom. The van der Waals surface area contributed by atoms with E-state index < -0.39 is 8.25 Å². The number of hydrogen-bond acceptors (Lipinski definition) is 3. The van der Waals surface area contributed by atoms with E-state index in [0.29, 0.717) is 5.69 Å². The number of hydrogen-bond donors (Lipinski definition) is 1. The second-order valence-corrected chi connectivity index (χ2v) is 5.00. The number of aromatic nitrogens is 1. The maximum absolute atomic E-state index is 11.0. The standard InChI is InChI=1S/C15H12NO3P/c17-20(18)19-15-13-9-5-4-8-12(13)10-14(16-15)11-6-2-1-3-7-11/h1-10,20H,(H,17,18). The Hall–Kier alpha value is -2.16. The zero-order valence-electron chi connectivity index (χ0n) is 10.5. The highest BCUT2D eigenvalue weighted by Gasteiger charge is 2.09. The lowest BCUT2D eigenvalue weighted by atomic mass is 10.1. The number of rotatable bonds is 3. The van der Waals surface area contributed by atoms with Crippen LogP contribution in [0.5, 0.6) is 5.88 Å². The van der Waals surface area contributed by atoms with E-state index in [1.807, 2.05) is 60.7 Å². The van der Waals surface area contributed by atoms with Crippen LogP contribution in [0.25, 0.3) is 22.0 Å². The Bertz CT molecular complexity index is 774. The van der Waals surface area contributed by atoms with Crippen molar-refractivity contribution in [3.8, 4) is 17.1 Å². The highest BCUT2D eigenvalue weighted by molar-refractivity contribution is 7.32. The van der Waals surface area contributed by atoms with Crippen molar-refractivity contribution in [3.05, 3.63) is 60.7 Å². The minimum absolute atomic E-state index is 0.188. The summed E-state index contributed by atoms with van der Waals surface area (Å²) in [5, 5.41) is 1.64. The molecule has 5 heteroatoms. The average molecular weight is 285 g/mol. The van der Waals surface area contributed by atoms with Crippen LogP contribution >= 0.6 is 8.25 Å². The van der Waals surface area contributed by atoms with Gasteiger partial charge in [-0.2, -0.15) is 0 Å². The van der Waals surface area contributed by atoms with E-state index in [1.165, 1.54) is 0 Å². The lowest BCUT2D eigenvalue weighted by Crippen LogP contribution is -1.91.